The van der Waals surface area contributed by atoms with E-state index in [4.69, 9.17) is 33.5 Å². The van der Waals surface area contributed by atoms with Crippen LogP contribution in [0.4, 0.5) is 5.69 Å². The lowest BCUT2D eigenvalue weighted by molar-refractivity contribution is -0.142. The molecule has 3 atom stereocenters. The first-order valence-corrected chi connectivity index (χ1v) is 40.1. The van der Waals surface area contributed by atoms with Crippen LogP contribution in [0.25, 0.3) is 0 Å². The molecule has 2 amide bonds. The van der Waals surface area contributed by atoms with Crippen molar-refractivity contribution in [1.29, 1.82) is 0 Å². The van der Waals surface area contributed by atoms with Gasteiger partial charge in [0.1, 0.15) is 37.1 Å². The van der Waals surface area contributed by atoms with E-state index in [0.717, 1.165) is 87.6 Å². The molecule has 554 valence electrons. The standard InChI is InChI=1S/C31H44N4O5S.C26H33BrN2O5S.C17H25NO6S/c1-23-17-29(39-4)18-24(2)31(23)41(37,38)35-11-6-5-7-28(35)21-40-22-30(36)34-12-10-25-19-27(9-8-26(25)20-34)33-15-13-32(3)14-16-33;1-18-12-24(33-3)13-19(2)26(18)35(31,32)29-10-5-4-6-23(29)16-34-17-25(30)28-11-9-20-14-22(27)8-7-21(20)15-28;1-12-8-15(23-3)9-13(2)17(12)25(21,22)18-7-5-4-6-14(18)10-24-11-16(19)20/h8-9,17-19,28H,5-7,10-16,20-22H2,1-4H3;7-8,12-14,23H,4-6,9-11,15-17H2,1-3H3;8-9,14H,4-7,10-11H2,1-3H3,(H,19,20). The molecule has 0 spiro atoms. The minimum Gasteiger partial charge on any atom is -0.497 e. The van der Waals surface area contributed by atoms with E-state index in [9.17, 15) is 39.6 Å². The first-order chi connectivity index (χ1) is 48.1. The Balaban J connectivity index is 0.000000182. The van der Waals surface area contributed by atoms with Gasteiger partial charge in [0.2, 0.25) is 41.9 Å². The first kappa shape index (κ1) is 78.9. The van der Waals surface area contributed by atoms with Gasteiger partial charge in [0.15, 0.2) is 0 Å². The number of fused-ring (bicyclic) bond motifs is 2. The fourth-order valence-electron chi connectivity index (χ4n) is 14.8. The number of benzene rings is 5. The van der Waals surface area contributed by atoms with Crippen LogP contribution in [-0.4, -0.2) is 221 Å². The number of nitrogens with zero attached hydrogens (tertiary/aromatic N) is 7. The Labute approximate surface area is 606 Å². The van der Waals surface area contributed by atoms with Crippen molar-refractivity contribution in [2.24, 2.45) is 0 Å². The van der Waals surface area contributed by atoms with Crippen molar-refractivity contribution in [1.82, 2.24) is 27.6 Å². The van der Waals surface area contributed by atoms with Gasteiger partial charge in [-0.3, -0.25) is 9.59 Å². The zero-order chi connectivity index (χ0) is 72.9. The van der Waals surface area contributed by atoms with Crippen LogP contribution in [0.3, 0.4) is 0 Å². The average molecular weight is 1520 g/mol. The van der Waals surface area contributed by atoms with Gasteiger partial charge in [-0.25, -0.2) is 30.0 Å². The molecular formula is C74H102BrN7O16S3. The number of sulfonamides is 3. The maximum Gasteiger partial charge on any atom is 0.329 e. The second-order valence-corrected chi connectivity index (χ2v) is 33.7. The van der Waals surface area contributed by atoms with Gasteiger partial charge in [-0.1, -0.05) is 47.3 Å². The number of aryl methyl sites for hydroxylation is 6. The number of likely N-dealkylation sites (N-methyl/N-ethyl adjacent to an activating group) is 1. The van der Waals surface area contributed by atoms with Crippen LogP contribution < -0.4 is 19.1 Å². The summed E-state index contributed by atoms with van der Waals surface area (Å²) in [6.45, 7) is 18.7. The number of carboxylic acids is 1. The second kappa shape index (κ2) is 35.5. The molecule has 4 fully saturated rings. The van der Waals surface area contributed by atoms with Crippen LogP contribution in [0.15, 0.2) is 92.0 Å². The van der Waals surface area contributed by atoms with E-state index in [1.807, 2.05) is 21.9 Å². The zero-order valence-corrected chi connectivity index (χ0v) is 64.3. The molecule has 6 heterocycles. The molecule has 5 aromatic rings. The van der Waals surface area contributed by atoms with Crippen LogP contribution in [0.1, 0.15) is 113 Å². The Bertz CT molecular complexity index is 4030. The van der Waals surface area contributed by atoms with Crippen molar-refractivity contribution in [2.45, 2.75) is 158 Å². The molecular weight excluding hydrogens is 1420 g/mol. The van der Waals surface area contributed by atoms with Crippen molar-refractivity contribution >= 4 is 69.5 Å². The van der Waals surface area contributed by atoms with E-state index in [1.54, 1.807) is 108 Å². The number of carbonyl (C=O) groups excluding carboxylic acids is 2. The van der Waals surface area contributed by atoms with Gasteiger partial charge < -0.3 is 53.1 Å². The summed E-state index contributed by atoms with van der Waals surface area (Å²) >= 11 is 3.50. The molecule has 27 heteroatoms. The highest BCUT2D eigenvalue weighted by Crippen LogP contribution is 2.37. The summed E-state index contributed by atoms with van der Waals surface area (Å²) in [5, 5.41) is 8.70. The summed E-state index contributed by atoms with van der Waals surface area (Å²) < 4.78 is 120. The molecule has 1 N–H and O–H groups in total. The maximum atomic E-state index is 13.8. The van der Waals surface area contributed by atoms with Crippen LogP contribution in [0.5, 0.6) is 17.2 Å². The SMILES string of the molecule is COc1cc(C)c(S(=O)(=O)N2CCCCC2COCC(=O)N2CCc3cc(Br)ccc3C2)c(C)c1.COc1cc(C)c(S(=O)(=O)N2CCCCC2COCC(=O)N2CCc3cc(N4CCN(C)CC4)ccc3C2)c(C)c1.COc1cc(C)c(S(=O)(=O)N2CCCCC2COCC(=O)O)c(C)c1. The number of hydrogen-bond acceptors (Lipinski definition) is 17. The molecule has 11 rings (SSSR count). The van der Waals surface area contributed by atoms with Gasteiger partial charge in [0, 0.05) is 100 Å². The largest absolute Gasteiger partial charge is 0.497 e. The smallest absolute Gasteiger partial charge is 0.329 e. The number of halogens is 1. The molecule has 6 aliphatic rings. The Hall–Kier alpha value is -6.24. The number of piperazine rings is 1. The number of rotatable bonds is 22. The predicted molar refractivity (Wildman–Crippen MR) is 391 cm³/mol. The third-order valence-electron chi connectivity index (χ3n) is 20.0. The molecule has 0 saturated carbocycles. The molecule has 4 saturated heterocycles. The van der Waals surface area contributed by atoms with E-state index in [1.165, 1.54) is 26.7 Å². The average Bonchev–Trinajstić information content (AvgIpc) is 0.782. The summed E-state index contributed by atoms with van der Waals surface area (Å²) in [4.78, 5) is 46.0. The number of carbonyl (C=O) groups is 3. The maximum absolute atomic E-state index is 13.8. The Morgan fingerprint density at radius 2 is 0.792 bits per heavy atom. The summed E-state index contributed by atoms with van der Waals surface area (Å²) in [6, 6.07) is 22.3. The van der Waals surface area contributed by atoms with Crippen molar-refractivity contribution in [3.8, 4) is 17.2 Å². The van der Waals surface area contributed by atoms with E-state index in [-0.39, 0.29) is 63.0 Å². The van der Waals surface area contributed by atoms with Gasteiger partial charge in [0.25, 0.3) is 0 Å². The molecule has 0 aliphatic carbocycles. The van der Waals surface area contributed by atoms with E-state index in [2.05, 4.69) is 57.0 Å². The lowest BCUT2D eigenvalue weighted by Gasteiger charge is -2.36. The predicted octanol–water partition coefficient (Wildman–Crippen LogP) is 9.38. The van der Waals surface area contributed by atoms with E-state index >= 15 is 0 Å². The Kier molecular flexibility index (Phi) is 27.7. The van der Waals surface area contributed by atoms with Crippen LogP contribution in [0, 0.1) is 41.5 Å². The lowest BCUT2D eigenvalue weighted by atomic mass is 9.98. The normalized spacial score (nSPS) is 19.6. The fraction of sp³-hybridized carbons (Fsp3) is 0.554. The molecule has 23 nitrogen and oxygen atoms in total. The van der Waals surface area contributed by atoms with Crippen LogP contribution >= 0.6 is 15.9 Å². The number of carboxylic acid groups (broad SMARTS) is 1. The van der Waals surface area contributed by atoms with E-state index in [0.29, 0.717) is 130 Å². The number of anilines is 1. The highest BCUT2D eigenvalue weighted by molar-refractivity contribution is 9.10. The lowest BCUT2D eigenvalue weighted by Crippen LogP contribution is -2.47. The number of amides is 2. The molecule has 0 bridgehead atoms. The number of hydrogen-bond donors (Lipinski definition) is 1. The zero-order valence-electron chi connectivity index (χ0n) is 60.3. The topological polar surface area (TPSA) is 252 Å². The van der Waals surface area contributed by atoms with Crippen molar-refractivity contribution in [2.75, 3.05) is 132 Å². The summed E-state index contributed by atoms with van der Waals surface area (Å²) in [7, 11) is -4.27. The minimum atomic E-state index is -3.72. The monoisotopic (exact) mass is 1520 g/mol. The number of ether oxygens (including phenoxy) is 6. The Morgan fingerprint density at radius 3 is 1.15 bits per heavy atom. The highest BCUT2D eigenvalue weighted by Gasteiger charge is 2.39. The highest BCUT2D eigenvalue weighted by atomic mass is 79.9. The first-order valence-electron chi connectivity index (χ1n) is 35.0. The molecule has 0 aromatic heterocycles. The molecule has 3 unspecified atom stereocenters. The van der Waals surface area contributed by atoms with Crippen LogP contribution in [-0.2, 0) is 84.6 Å². The Morgan fingerprint density at radius 1 is 0.446 bits per heavy atom. The van der Waals surface area contributed by atoms with Gasteiger partial charge in [0.05, 0.1) is 55.8 Å². The van der Waals surface area contributed by atoms with Gasteiger partial charge in [-0.2, -0.15) is 12.9 Å². The fourth-order valence-corrected chi connectivity index (χ4v) is 21.5. The van der Waals surface area contributed by atoms with Crippen LogP contribution in [0.2, 0.25) is 0 Å². The summed E-state index contributed by atoms with van der Waals surface area (Å²) in [5.74, 6) is 0.730. The number of aliphatic carboxylic acids is 1. The van der Waals surface area contributed by atoms with Crippen molar-refractivity contribution in [3.05, 3.63) is 133 Å². The van der Waals surface area contributed by atoms with Gasteiger partial charge in [-0.05, 0) is 216 Å². The number of piperidine rings is 3. The quantitative estimate of drug-likeness (QED) is 0.0677. The second-order valence-electron chi connectivity index (χ2n) is 27.3. The third kappa shape index (κ3) is 19.6. The van der Waals surface area contributed by atoms with E-state index < -0.39 is 42.6 Å². The van der Waals surface area contributed by atoms with Crippen molar-refractivity contribution in [3.63, 3.8) is 0 Å². The van der Waals surface area contributed by atoms with Gasteiger partial charge in [-0.15, -0.1) is 0 Å². The molecule has 0 radical (unpaired) electrons. The molecule has 5 aromatic carbocycles. The third-order valence-corrected chi connectivity index (χ3v) is 27.3. The summed E-state index contributed by atoms with van der Waals surface area (Å²) in [5.41, 5.74) is 10.1. The number of methoxy groups -OCH3 is 3. The van der Waals surface area contributed by atoms with Gasteiger partial charge >= 0.3 is 5.97 Å². The molecule has 6 aliphatic heterocycles. The van der Waals surface area contributed by atoms with Crippen molar-refractivity contribution < 1.29 is 73.2 Å². The minimum absolute atomic E-state index is 0.0420. The molecule has 101 heavy (non-hydrogen) atoms. The summed E-state index contributed by atoms with van der Waals surface area (Å²) in [6.07, 6.45) is 8.92.